The van der Waals surface area contributed by atoms with Gasteiger partial charge in [0.25, 0.3) is 0 Å². The van der Waals surface area contributed by atoms with Crippen molar-refractivity contribution < 1.29 is 4.74 Å². The van der Waals surface area contributed by atoms with Gasteiger partial charge in [0.1, 0.15) is 0 Å². The molecule has 0 atom stereocenters. The van der Waals surface area contributed by atoms with Crippen molar-refractivity contribution in [2.75, 3.05) is 40.4 Å². The van der Waals surface area contributed by atoms with Gasteiger partial charge in [-0.1, -0.05) is 27.7 Å². The van der Waals surface area contributed by atoms with Crippen LogP contribution in [0.3, 0.4) is 0 Å². The van der Waals surface area contributed by atoms with Crippen molar-refractivity contribution in [1.29, 1.82) is 0 Å². The van der Waals surface area contributed by atoms with E-state index in [2.05, 4.69) is 52.0 Å². The first-order valence-corrected chi connectivity index (χ1v) is 6.29. The Hall–Kier alpha value is -0.120. The van der Waals surface area contributed by atoms with E-state index in [1.54, 1.807) is 0 Å². The average molecular weight is 230 g/mol. The fraction of sp³-hybridized carbons (Fsp3) is 1.00. The van der Waals surface area contributed by atoms with E-state index in [-0.39, 0.29) is 5.41 Å². The lowest BCUT2D eigenvalue weighted by Crippen LogP contribution is -2.36. The van der Waals surface area contributed by atoms with Crippen molar-refractivity contribution in [2.45, 2.75) is 40.2 Å². The maximum absolute atomic E-state index is 5.71. The van der Waals surface area contributed by atoms with Crippen molar-refractivity contribution in [1.82, 2.24) is 10.2 Å². The van der Waals surface area contributed by atoms with Gasteiger partial charge in [-0.05, 0) is 27.1 Å². The van der Waals surface area contributed by atoms with Gasteiger partial charge in [0.2, 0.25) is 0 Å². The van der Waals surface area contributed by atoms with Gasteiger partial charge in [-0.15, -0.1) is 0 Å². The van der Waals surface area contributed by atoms with Crippen LogP contribution in [0, 0.1) is 5.41 Å². The number of hydrogen-bond acceptors (Lipinski definition) is 3. The highest BCUT2D eigenvalue weighted by molar-refractivity contribution is 4.72. The Morgan fingerprint density at radius 2 is 1.88 bits per heavy atom. The smallest absolute Gasteiger partial charge is 0.0529 e. The van der Waals surface area contributed by atoms with Crippen LogP contribution in [-0.2, 0) is 4.74 Å². The molecule has 3 nitrogen and oxygen atoms in total. The Balaban J connectivity index is 3.50. The first-order valence-electron chi connectivity index (χ1n) is 6.29. The third-order valence-electron chi connectivity index (χ3n) is 2.38. The standard InChI is InChI=1S/C13H30N2O/c1-12(2)14-10-13(3,4)11-16-9-7-8-15(5)6/h12,14H,7-11H2,1-6H3. The van der Waals surface area contributed by atoms with Crippen LogP contribution in [0.1, 0.15) is 34.1 Å². The molecule has 3 heteroatoms. The van der Waals surface area contributed by atoms with Crippen molar-refractivity contribution in [3.05, 3.63) is 0 Å². The molecule has 0 aliphatic rings. The SMILES string of the molecule is CC(C)NCC(C)(C)COCCCN(C)C. The van der Waals surface area contributed by atoms with Gasteiger partial charge in [0, 0.05) is 24.6 Å². The summed E-state index contributed by atoms with van der Waals surface area (Å²) < 4.78 is 5.71. The molecule has 0 aromatic heterocycles. The molecule has 0 rings (SSSR count). The van der Waals surface area contributed by atoms with Crippen molar-refractivity contribution in [3.63, 3.8) is 0 Å². The van der Waals surface area contributed by atoms with Crippen LogP contribution in [0.15, 0.2) is 0 Å². The van der Waals surface area contributed by atoms with Crippen LogP contribution in [0.25, 0.3) is 0 Å². The van der Waals surface area contributed by atoms with Gasteiger partial charge in [0.05, 0.1) is 6.61 Å². The first kappa shape index (κ1) is 15.9. The predicted octanol–water partition coefficient (Wildman–Crippen LogP) is 1.98. The minimum absolute atomic E-state index is 0.225. The average Bonchev–Trinajstić information content (AvgIpc) is 2.14. The lowest BCUT2D eigenvalue weighted by molar-refractivity contribution is 0.0571. The summed E-state index contributed by atoms with van der Waals surface area (Å²) in [6.45, 7) is 12.6. The molecule has 0 aromatic carbocycles. The Bertz CT molecular complexity index is 167. The summed E-state index contributed by atoms with van der Waals surface area (Å²) in [5, 5.41) is 3.46. The molecule has 0 saturated carbocycles. The molecule has 0 aliphatic heterocycles. The summed E-state index contributed by atoms with van der Waals surface area (Å²) in [4.78, 5) is 2.19. The molecule has 0 spiro atoms. The minimum Gasteiger partial charge on any atom is -0.381 e. The Morgan fingerprint density at radius 3 is 2.38 bits per heavy atom. The van der Waals surface area contributed by atoms with Gasteiger partial charge in [-0.3, -0.25) is 0 Å². The lowest BCUT2D eigenvalue weighted by atomic mass is 9.94. The van der Waals surface area contributed by atoms with Crippen LogP contribution >= 0.6 is 0 Å². The Morgan fingerprint density at radius 1 is 1.25 bits per heavy atom. The summed E-state index contributed by atoms with van der Waals surface area (Å²) in [6.07, 6.45) is 1.11. The summed E-state index contributed by atoms with van der Waals surface area (Å²) >= 11 is 0. The quantitative estimate of drug-likeness (QED) is 0.613. The van der Waals surface area contributed by atoms with E-state index in [4.69, 9.17) is 4.74 Å². The largest absolute Gasteiger partial charge is 0.381 e. The second-order valence-electron chi connectivity index (χ2n) is 5.91. The highest BCUT2D eigenvalue weighted by atomic mass is 16.5. The van der Waals surface area contributed by atoms with Crippen LogP contribution in [0.5, 0.6) is 0 Å². The summed E-state index contributed by atoms with van der Waals surface area (Å²) in [5.41, 5.74) is 0.225. The highest BCUT2D eigenvalue weighted by Crippen LogP contribution is 2.14. The fourth-order valence-electron chi connectivity index (χ4n) is 1.36. The molecule has 0 aliphatic carbocycles. The molecule has 0 unspecified atom stereocenters. The molecule has 0 fully saturated rings. The number of rotatable bonds is 9. The molecule has 0 radical (unpaired) electrons. The number of ether oxygens (including phenoxy) is 1. The number of hydrogen-bond donors (Lipinski definition) is 1. The van der Waals surface area contributed by atoms with Gasteiger partial charge < -0.3 is 15.0 Å². The topological polar surface area (TPSA) is 24.5 Å². The van der Waals surface area contributed by atoms with Gasteiger partial charge in [-0.25, -0.2) is 0 Å². The number of nitrogens with one attached hydrogen (secondary N) is 1. The molecular formula is C13H30N2O. The second kappa shape index (κ2) is 8.04. The highest BCUT2D eigenvalue weighted by Gasteiger charge is 2.17. The zero-order valence-corrected chi connectivity index (χ0v) is 12.0. The van der Waals surface area contributed by atoms with Crippen LogP contribution in [-0.4, -0.2) is 51.3 Å². The van der Waals surface area contributed by atoms with E-state index < -0.39 is 0 Å². The molecule has 98 valence electrons. The predicted molar refractivity (Wildman–Crippen MR) is 70.9 cm³/mol. The Labute approximate surface area is 102 Å². The molecule has 0 bridgehead atoms. The molecular weight excluding hydrogens is 200 g/mol. The van der Waals surface area contributed by atoms with E-state index in [0.717, 1.165) is 32.7 Å². The summed E-state index contributed by atoms with van der Waals surface area (Å²) in [5.74, 6) is 0. The van der Waals surface area contributed by atoms with E-state index in [9.17, 15) is 0 Å². The summed E-state index contributed by atoms with van der Waals surface area (Å²) in [7, 11) is 4.19. The summed E-state index contributed by atoms with van der Waals surface area (Å²) in [6, 6.07) is 0.549. The van der Waals surface area contributed by atoms with Crippen LogP contribution in [0.2, 0.25) is 0 Å². The number of nitrogens with zero attached hydrogens (tertiary/aromatic N) is 1. The molecule has 0 aromatic rings. The van der Waals surface area contributed by atoms with E-state index >= 15 is 0 Å². The van der Waals surface area contributed by atoms with Crippen LogP contribution < -0.4 is 5.32 Å². The normalized spacial score (nSPS) is 12.8. The first-order chi connectivity index (χ1) is 7.33. The minimum atomic E-state index is 0.225. The third kappa shape index (κ3) is 10.4. The van der Waals surface area contributed by atoms with Gasteiger partial charge in [-0.2, -0.15) is 0 Å². The molecule has 16 heavy (non-hydrogen) atoms. The van der Waals surface area contributed by atoms with E-state index in [1.807, 2.05) is 0 Å². The monoisotopic (exact) mass is 230 g/mol. The maximum atomic E-state index is 5.71. The van der Waals surface area contributed by atoms with Gasteiger partial charge >= 0.3 is 0 Å². The van der Waals surface area contributed by atoms with E-state index in [0.29, 0.717) is 6.04 Å². The molecule has 0 saturated heterocycles. The molecule has 0 heterocycles. The van der Waals surface area contributed by atoms with Crippen molar-refractivity contribution in [2.24, 2.45) is 5.41 Å². The van der Waals surface area contributed by atoms with Crippen molar-refractivity contribution >= 4 is 0 Å². The zero-order valence-electron chi connectivity index (χ0n) is 12.0. The molecule has 1 N–H and O–H groups in total. The van der Waals surface area contributed by atoms with E-state index in [1.165, 1.54) is 0 Å². The maximum Gasteiger partial charge on any atom is 0.0529 e. The van der Waals surface area contributed by atoms with Crippen molar-refractivity contribution in [3.8, 4) is 0 Å². The lowest BCUT2D eigenvalue weighted by Gasteiger charge is -2.26. The molecule has 0 amide bonds. The van der Waals surface area contributed by atoms with Gasteiger partial charge in [0.15, 0.2) is 0 Å². The third-order valence-corrected chi connectivity index (χ3v) is 2.38. The zero-order chi connectivity index (χ0) is 12.6. The fourth-order valence-corrected chi connectivity index (χ4v) is 1.36. The Kier molecular flexibility index (Phi) is 7.98. The second-order valence-corrected chi connectivity index (χ2v) is 5.91. The van der Waals surface area contributed by atoms with Crippen LogP contribution in [0.4, 0.5) is 0 Å².